The van der Waals surface area contributed by atoms with Crippen LogP contribution in [-0.4, -0.2) is 23.2 Å². The van der Waals surface area contributed by atoms with Crippen molar-refractivity contribution in [3.05, 3.63) is 24.0 Å². The minimum Gasteiger partial charge on any atom is -0.457 e. The summed E-state index contributed by atoms with van der Waals surface area (Å²) in [6.45, 7) is 0. The van der Waals surface area contributed by atoms with Gasteiger partial charge in [-0.3, -0.25) is 10.1 Å². The van der Waals surface area contributed by atoms with Gasteiger partial charge in [0.2, 0.25) is 0 Å². The average molecular weight is 263 g/mol. The number of imide groups is 1. The third-order valence-electron chi connectivity index (χ3n) is 2.64. The normalized spacial score (nSPS) is 19.1. The van der Waals surface area contributed by atoms with E-state index in [4.69, 9.17) is 4.42 Å². The van der Waals surface area contributed by atoms with E-state index in [1.165, 1.54) is 11.8 Å². The molecule has 2 aromatic heterocycles. The molecule has 0 bridgehead atoms. The number of carbonyl (C=O) groups is 2. The van der Waals surface area contributed by atoms with Crippen LogP contribution in [0.25, 0.3) is 11.1 Å². The zero-order valence-electron chi connectivity index (χ0n) is 9.39. The second-order valence-electron chi connectivity index (χ2n) is 3.78. The number of fused-ring (bicyclic) bond motifs is 1. The number of nitrogens with one attached hydrogen (secondary N) is 2. The molecule has 2 aromatic rings. The van der Waals surface area contributed by atoms with Gasteiger partial charge in [-0.1, -0.05) is 0 Å². The van der Waals surface area contributed by atoms with Crippen molar-refractivity contribution < 1.29 is 14.0 Å². The SMILES string of the molecule is CSc1ccc2oc([C@@H]3NC(=O)NC3=O)cc2n1. The van der Waals surface area contributed by atoms with Crippen molar-refractivity contribution in [2.45, 2.75) is 11.1 Å². The lowest BCUT2D eigenvalue weighted by Crippen LogP contribution is -2.22. The van der Waals surface area contributed by atoms with E-state index in [0.29, 0.717) is 16.9 Å². The third-order valence-corrected chi connectivity index (χ3v) is 3.28. The van der Waals surface area contributed by atoms with Crippen LogP contribution < -0.4 is 10.6 Å². The Balaban J connectivity index is 2.03. The minimum absolute atomic E-state index is 0.388. The lowest BCUT2D eigenvalue weighted by Gasteiger charge is -2.00. The van der Waals surface area contributed by atoms with Gasteiger partial charge in [-0.25, -0.2) is 9.78 Å². The van der Waals surface area contributed by atoms with Crippen molar-refractivity contribution in [2.75, 3.05) is 6.26 Å². The average Bonchev–Trinajstić information content (AvgIpc) is 2.90. The van der Waals surface area contributed by atoms with Crippen molar-refractivity contribution in [1.82, 2.24) is 15.6 Å². The predicted octanol–water partition coefficient (Wildman–Crippen LogP) is 1.43. The molecule has 1 fully saturated rings. The van der Waals surface area contributed by atoms with Gasteiger partial charge in [0.1, 0.15) is 11.3 Å². The monoisotopic (exact) mass is 263 g/mol. The van der Waals surface area contributed by atoms with Gasteiger partial charge in [0.25, 0.3) is 5.91 Å². The highest BCUT2D eigenvalue weighted by Crippen LogP contribution is 2.26. The van der Waals surface area contributed by atoms with Crippen molar-refractivity contribution in [3.8, 4) is 0 Å². The number of thioether (sulfide) groups is 1. The van der Waals surface area contributed by atoms with Crippen molar-refractivity contribution in [3.63, 3.8) is 0 Å². The first-order valence-electron chi connectivity index (χ1n) is 5.23. The molecular weight excluding hydrogens is 254 g/mol. The van der Waals surface area contributed by atoms with Gasteiger partial charge in [0.05, 0.1) is 5.03 Å². The van der Waals surface area contributed by atoms with Gasteiger partial charge in [0, 0.05) is 6.07 Å². The van der Waals surface area contributed by atoms with E-state index >= 15 is 0 Å². The van der Waals surface area contributed by atoms with Crippen LogP contribution in [-0.2, 0) is 4.79 Å². The third kappa shape index (κ3) is 1.72. The number of pyridine rings is 1. The Bertz CT molecular complexity index is 652. The molecule has 6 nitrogen and oxygen atoms in total. The summed E-state index contributed by atoms with van der Waals surface area (Å²) in [4.78, 5) is 26.9. The zero-order valence-corrected chi connectivity index (χ0v) is 10.2. The molecule has 2 N–H and O–H groups in total. The summed E-state index contributed by atoms with van der Waals surface area (Å²) in [5.41, 5.74) is 1.27. The van der Waals surface area contributed by atoms with Gasteiger partial charge in [-0.05, 0) is 18.4 Å². The molecule has 7 heteroatoms. The molecule has 0 aliphatic carbocycles. The number of aromatic nitrogens is 1. The predicted molar refractivity (Wildman–Crippen MR) is 65.2 cm³/mol. The van der Waals surface area contributed by atoms with E-state index in [1.54, 1.807) is 12.1 Å². The molecule has 1 saturated heterocycles. The van der Waals surface area contributed by atoms with Crippen LogP contribution in [0.1, 0.15) is 11.8 Å². The summed E-state index contributed by atoms with van der Waals surface area (Å²) < 4.78 is 5.52. The Morgan fingerprint density at radius 1 is 1.39 bits per heavy atom. The molecule has 0 spiro atoms. The van der Waals surface area contributed by atoms with Crippen molar-refractivity contribution in [1.29, 1.82) is 0 Å². The van der Waals surface area contributed by atoms with Gasteiger partial charge in [-0.15, -0.1) is 11.8 Å². The molecule has 3 heterocycles. The number of rotatable bonds is 2. The summed E-state index contributed by atoms with van der Waals surface area (Å²) in [6, 6.07) is 4.03. The second kappa shape index (κ2) is 4.02. The van der Waals surface area contributed by atoms with Crippen LogP contribution >= 0.6 is 11.8 Å². The molecule has 0 aromatic carbocycles. The molecule has 3 rings (SSSR count). The van der Waals surface area contributed by atoms with Crippen LogP contribution in [0.3, 0.4) is 0 Å². The fourth-order valence-electron chi connectivity index (χ4n) is 1.80. The summed E-state index contributed by atoms with van der Waals surface area (Å²) in [6.07, 6.45) is 1.93. The fourth-order valence-corrected chi connectivity index (χ4v) is 2.19. The van der Waals surface area contributed by atoms with E-state index in [1.807, 2.05) is 12.3 Å². The number of hydrogen-bond acceptors (Lipinski definition) is 5. The van der Waals surface area contributed by atoms with Gasteiger partial charge >= 0.3 is 6.03 Å². The standard InChI is InChI=1S/C11H9N3O3S/c1-18-8-3-2-6-5(12-8)4-7(17-6)9-10(15)14-11(16)13-9/h2-4,9H,1H3,(H2,13,14,15,16)/t9-/m0/s1. The molecule has 1 aliphatic rings. The summed E-state index contributed by atoms with van der Waals surface area (Å²) >= 11 is 1.52. The van der Waals surface area contributed by atoms with E-state index in [0.717, 1.165) is 5.03 Å². The zero-order chi connectivity index (χ0) is 12.7. The molecular formula is C11H9N3O3S. The first kappa shape index (κ1) is 11.1. The number of hydrogen-bond donors (Lipinski definition) is 2. The summed E-state index contributed by atoms with van der Waals surface area (Å²) in [5, 5.41) is 5.51. The smallest absolute Gasteiger partial charge is 0.322 e. The van der Waals surface area contributed by atoms with E-state index in [2.05, 4.69) is 15.6 Å². The fraction of sp³-hybridized carbons (Fsp3) is 0.182. The summed E-state index contributed by atoms with van der Waals surface area (Å²) in [7, 11) is 0. The maximum atomic E-state index is 11.5. The van der Waals surface area contributed by atoms with Crippen LogP contribution in [0.4, 0.5) is 4.79 Å². The Kier molecular flexibility index (Phi) is 2.48. The molecule has 1 atom stereocenters. The number of amides is 3. The molecule has 0 unspecified atom stereocenters. The van der Waals surface area contributed by atoms with E-state index < -0.39 is 18.0 Å². The second-order valence-corrected chi connectivity index (χ2v) is 4.61. The number of urea groups is 1. The molecule has 0 saturated carbocycles. The quantitative estimate of drug-likeness (QED) is 0.632. The van der Waals surface area contributed by atoms with Gasteiger partial charge in [0.15, 0.2) is 11.6 Å². The van der Waals surface area contributed by atoms with Crippen LogP contribution in [0.15, 0.2) is 27.6 Å². The summed E-state index contributed by atoms with van der Waals surface area (Å²) in [5.74, 6) is -0.0248. The molecule has 3 amide bonds. The molecule has 92 valence electrons. The lowest BCUT2D eigenvalue weighted by molar-refractivity contribution is -0.120. The maximum Gasteiger partial charge on any atom is 0.322 e. The number of nitrogens with zero attached hydrogens (tertiary/aromatic N) is 1. The van der Waals surface area contributed by atoms with Crippen LogP contribution in [0.2, 0.25) is 0 Å². The minimum atomic E-state index is -0.774. The Labute approximate surface area is 106 Å². The highest BCUT2D eigenvalue weighted by Gasteiger charge is 2.33. The molecule has 1 aliphatic heterocycles. The van der Waals surface area contributed by atoms with E-state index in [-0.39, 0.29) is 0 Å². The first-order valence-corrected chi connectivity index (χ1v) is 6.45. The molecule has 0 radical (unpaired) electrons. The highest BCUT2D eigenvalue weighted by molar-refractivity contribution is 7.98. The Hall–Kier alpha value is -2.02. The largest absolute Gasteiger partial charge is 0.457 e. The molecule has 18 heavy (non-hydrogen) atoms. The Morgan fingerprint density at radius 3 is 2.89 bits per heavy atom. The van der Waals surface area contributed by atoms with Crippen LogP contribution in [0.5, 0.6) is 0 Å². The van der Waals surface area contributed by atoms with Crippen molar-refractivity contribution >= 4 is 34.8 Å². The maximum absolute atomic E-state index is 11.5. The van der Waals surface area contributed by atoms with Gasteiger partial charge < -0.3 is 9.73 Å². The highest BCUT2D eigenvalue weighted by atomic mass is 32.2. The van der Waals surface area contributed by atoms with Crippen molar-refractivity contribution in [2.24, 2.45) is 0 Å². The first-order chi connectivity index (χ1) is 8.67. The topological polar surface area (TPSA) is 84.2 Å². The van der Waals surface area contributed by atoms with Crippen LogP contribution in [0, 0.1) is 0 Å². The van der Waals surface area contributed by atoms with E-state index in [9.17, 15) is 9.59 Å². The van der Waals surface area contributed by atoms with Gasteiger partial charge in [-0.2, -0.15) is 0 Å². The lowest BCUT2D eigenvalue weighted by atomic mass is 10.2. The Morgan fingerprint density at radius 2 is 2.22 bits per heavy atom. The number of carbonyl (C=O) groups excluding carboxylic acids is 2. The number of furan rings is 1.